The maximum absolute atomic E-state index is 13.5. The fourth-order valence-electron chi connectivity index (χ4n) is 5.36. The van der Waals surface area contributed by atoms with Gasteiger partial charge in [-0.2, -0.15) is 0 Å². The maximum atomic E-state index is 13.5. The van der Waals surface area contributed by atoms with Gasteiger partial charge in [0.05, 0.1) is 30.3 Å². The molecule has 1 unspecified atom stereocenters. The van der Waals surface area contributed by atoms with Gasteiger partial charge in [-0.1, -0.05) is 42.5 Å². The Balaban J connectivity index is 1.38. The topological polar surface area (TPSA) is 119 Å². The zero-order valence-electron chi connectivity index (χ0n) is 23.8. The number of rotatable bonds is 10. The zero-order valence-corrected chi connectivity index (χ0v) is 23.8. The molecule has 2 fully saturated rings. The normalized spacial score (nSPS) is 15.7. The van der Waals surface area contributed by atoms with Crippen LogP contribution in [0.15, 0.2) is 72.8 Å². The number of anilines is 2. The van der Waals surface area contributed by atoms with Gasteiger partial charge in [-0.15, -0.1) is 0 Å². The van der Waals surface area contributed by atoms with Crippen LogP contribution < -0.4 is 15.5 Å². The molecule has 3 N–H and O–H groups in total. The Morgan fingerprint density at radius 3 is 2.35 bits per heavy atom. The van der Waals surface area contributed by atoms with Crippen LogP contribution >= 0.6 is 0 Å². The Kier molecular flexibility index (Phi) is 9.34. The van der Waals surface area contributed by atoms with Crippen LogP contribution in [-0.2, 0) is 20.8 Å². The molecule has 5 rings (SSSR count). The maximum Gasteiger partial charge on any atom is 0.305 e. The van der Waals surface area contributed by atoms with Crippen LogP contribution in [0.5, 0.6) is 0 Å². The molecule has 43 heavy (non-hydrogen) atoms. The summed E-state index contributed by atoms with van der Waals surface area (Å²) >= 11 is 0. The quantitative estimate of drug-likeness (QED) is 0.324. The Labute approximate surface area is 249 Å². The summed E-state index contributed by atoms with van der Waals surface area (Å²) in [6.45, 7) is 2.50. The fourth-order valence-corrected chi connectivity index (χ4v) is 5.36. The fraction of sp³-hybridized carbons (Fsp3) is 0.333. The summed E-state index contributed by atoms with van der Waals surface area (Å²) in [5.74, 6) is -2.00. The molecule has 10 heteroatoms. The minimum absolute atomic E-state index is 0.144. The summed E-state index contributed by atoms with van der Waals surface area (Å²) in [4.78, 5) is 54.8. The van der Waals surface area contributed by atoms with Crippen LogP contribution in [0.1, 0.15) is 53.2 Å². The molecular weight excluding hydrogens is 551 g/mol. The molecule has 0 bridgehead atoms. The first-order valence-electron chi connectivity index (χ1n) is 14.6. The van der Waals surface area contributed by atoms with Crippen LogP contribution in [0.3, 0.4) is 0 Å². The predicted molar refractivity (Wildman–Crippen MR) is 160 cm³/mol. The van der Waals surface area contributed by atoms with E-state index in [-0.39, 0.29) is 36.1 Å². The molecule has 1 atom stereocenters. The minimum atomic E-state index is -1.12. The Bertz CT molecular complexity index is 1480. The summed E-state index contributed by atoms with van der Waals surface area (Å²) in [7, 11) is 0. The lowest BCUT2D eigenvalue weighted by molar-refractivity contribution is -0.137. The van der Waals surface area contributed by atoms with E-state index >= 15 is 0 Å². The van der Waals surface area contributed by atoms with Gasteiger partial charge in [0.1, 0.15) is 5.82 Å². The Hall–Kier alpha value is -4.73. The molecule has 3 aromatic carbocycles. The van der Waals surface area contributed by atoms with Crippen LogP contribution in [0, 0.1) is 11.7 Å². The van der Waals surface area contributed by atoms with E-state index in [9.17, 15) is 28.7 Å². The number of carboxylic acid groups (broad SMARTS) is 1. The summed E-state index contributed by atoms with van der Waals surface area (Å²) < 4.78 is 13.5. The van der Waals surface area contributed by atoms with Gasteiger partial charge in [0.15, 0.2) is 0 Å². The molecular formula is C33H35FN4O5. The number of carbonyl (C=O) groups excluding carboxylic acids is 3. The molecule has 2 aliphatic rings. The Morgan fingerprint density at radius 1 is 0.907 bits per heavy atom. The highest BCUT2D eigenvalue weighted by molar-refractivity contribution is 6.00. The standard InChI is InChI=1S/C33H35FN4O5/c34-26-12-9-23(10-13-26)27(21-31(40)41)36-32(42)25-11-14-29(28(20-25)35-30(39)19-22-5-2-1-3-6-22)37-15-4-16-38(18-17-37)33(43)24-7-8-24/h1-3,5-6,9-14,20,24,27H,4,7-8,15-19,21H2,(H,35,39)(H,36,42)(H,40,41). The lowest BCUT2D eigenvalue weighted by Crippen LogP contribution is -2.36. The number of amides is 3. The molecule has 9 nitrogen and oxygen atoms in total. The third kappa shape index (κ3) is 7.97. The molecule has 3 amide bonds. The van der Waals surface area contributed by atoms with E-state index in [1.54, 1.807) is 18.2 Å². The van der Waals surface area contributed by atoms with Crippen molar-refractivity contribution < 1.29 is 28.7 Å². The van der Waals surface area contributed by atoms with Gasteiger partial charge in [0.25, 0.3) is 5.91 Å². The van der Waals surface area contributed by atoms with Crippen molar-refractivity contribution in [3.8, 4) is 0 Å². The first-order valence-corrected chi connectivity index (χ1v) is 14.6. The predicted octanol–water partition coefficient (Wildman–Crippen LogP) is 4.40. The Morgan fingerprint density at radius 2 is 1.65 bits per heavy atom. The van der Waals surface area contributed by atoms with E-state index in [4.69, 9.17) is 0 Å². The number of halogens is 1. The smallest absolute Gasteiger partial charge is 0.305 e. The van der Waals surface area contributed by atoms with E-state index < -0.39 is 23.7 Å². The SMILES string of the molecule is O=C(O)CC(NC(=O)c1ccc(N2CCCN(C(=O)C3CC3)CC2)c(NC(=O)Cc2ccccc2)c1)c1ccc(F)cc1. The average molecular weight is 587 g/mol. The van der Waals surface area contributed by atoms with Crippen molar-refractivity contribution in [3.05, 3.63) is 95.3 Å². The number of hydrogen-bond acceptors (Lipinski definition) is 5. The molecule has 1 saturated heterocycles. The molecule has 224 valence electrons. The molecule has 1 aliphatic carbocycles. The third-order valence-electron chi connectivity index (χ3n) is 7.77. The van der Waals surface area contributed by atoms with E-state index in [1.165, 1.54) is 24.3 Å². The minimum Gasteiger partial charge on any atom is -0.481 e. The number of carboxylic acids is 1. The van der Waals surface area contributed by atoms with Crippen molar-refractivity contribution >= 4 is 35.1 Å². The van der Waals surface area contributed by atoms with Crippen molar-refractivity contribution in [3.63, 3.8) is 0 Å². The van der Waals surface area contributed by atoms with Gasteiger partial charge in [-0.3, -0.25) is 19.2 Å². The molecule has 0 spiro atoms. The van der Waals surface area contributed by atoms with Crippen molar-refractivity contribution in [1.82, 2.24) is 10.2 Å². The molecule has 0 radical (unpaired) electrons. The second-order valence-corrected chi connectivity index (χ2v) is 11.1. The van der Waals surface area contributed by atoms with Gasteiger partial charge < -0.3 is 25.5 Å². The third-order valence-corrected chi connectivity index (χ3v) is 7.77. The number of carbonyl (C=O) groups is 4. The summed E-state index contributed by atoms with van der Waals surface area (Å²) in [5.41, 5.74) is 2.72. The lowest BCUT2D eigenvalue weighted by atomic mass is 10.0. The number of nitrogens with one attached hydrogen (secondary N) is 2. The summed E-state index contributed by atoms with van der Waals surface area (Å²) in [6.07, 6.45) is 2.43. The van der Waals surface area contributed by atoms with Crippen LogP contribution in [-0.4, -0.2) is 59.9 Å². The van der Waals surface area contributed by atoms with Crippen molar-refractivity contribution in [1.29, 1.82) is 0 Å². The largest absolute Gasteiger partial charge is 0.481 e. The summed E-state index contributed by atoms with van der Waals surface area (Å²) in [6, 6.07) is 18.8. The number of aliphatic carboxylic acids is 1. The van der Waals surface area contributed by atoms with E-state index in [1.807, 2.05) is 35.2 Å². The van der Waals surface area contributed by atoms with Gasteiger partial charge in [-0.25, -0.2) is 4.39 Å². The molecule has 3 aromatic rings. The first kappa shape index (κ1) is 29.8. The number of nitrogens with zero attached hydrogens (tertiary/aromatic N) is 2. The molecule has 1 aliphatic heterocycles. The average Bonchev–Trinajstić information content (AvgIpc) is 3.85. The van der Waals surface area contributed by atoms with Crippen LogP contribution in [0.25, 0.3) is 0 Å². The lowest BCUT2D eigenvalue weighted by Gasteiger charge is -2.27. The van der Waals surface area contributed by atoms with Crippen LogP contribution in [0.4, 0.5) is 15.8 Å². The number of hydrogen-bond donors (Lipinski definition) is 3. The van der Waals surface area contributed by atoms with Gasteiger partial charge in [-0.05, 0) is 60.7 Å². The van der Waals surface area contributed by atoms with Gasteiger partial charge in [0, 0.05) is 37.7 Å². The molecule has 1 heterocycles. The molecule has 1 saturated carbocycles. The van der Waals surface area contributed by atoms with Gasteiger partial charge in [0.2, 0.25) is 11.8 Å². The van der Waals surface area contributed by atoms with Crippen molar-refractivity contribution in [2.24, 2.45) is 5.92 Å². The highest BCUT2D eigenvalue weighted by Crippen LogP contribution is 2.33. The second kappa shape index (κ2) is 13.5. The number of benzene rings is 3. The first-order chi connectivity index (χ1) is 20.8. The van der Waals surface area contributed by atoms with E-state index in [0.717, 1.165) is 30.5 Å². The van der Waals surface area contributed by atoms with Gasteiger partial charge >= 0.3 is 5.97 Å². The monoisotopic (exact) mass is 586 g/mol. The second-order valence-electron chi connectivity index (χ2n) is 11.1. The molecule has 0 aromatic heterocycles. The van der Waals surface area contributed by atoms with Crippen molar-refractivity contribution in [2.45, 2.75) is 38.1 Å². The zero-order chi connectivity index (χ0) is 30.3. The highest BCUT2D eigenvalue weighted by atomic mass is 19.1. The van der Waals surface area contributed by atoms with E-state index in [2.05, 4.69) is 15.5 Å². The van der Waals surface area contributed by atoms with Crippen molar-refractivity contribution in [2.75, 3.05) is 36.4 Å². The summed E-state index contributed by atoms with van der Waals surface area (Å²) in [5, 5.41) is 15.2. The van der Waals surface area contributed by atoms with Crippen LogP contribution in [0.2, 0.25) is 0 Å². The highest BCUT2D eigenvalue weighted by Gasteiger charge is 2.34. The van der Waals surface area contributed by atoms with E-state index in [0.29, 0.717) is 37.4 Å².